The number of sulfonamides is 1. The number of amidine groups is 1. The molecular formula is C19H30N4O3S. The molecule has 4 N–H and O–H groups in total. The summed E-state index contributed by atoms with van der Waals surface area (Å²) in [4.78, 5) is 16.8. The van der Waals surface area contributed by atoms with Crippen LogP contribution in [-0.4, -0.2) is 38.8 Å². The van der Waals surface area contributed by atoms with Crippen molar-refractivity contribution in [1.29, 1.82) is 0 Å². The SMILES string of the molecule is CC(C)C(C)(CN)NC(=O)CCCCCN=C1NS(=O)(=O)c2ccccc21. The fraction of sp³-hybridized carbons (Fsp3) is 0.579. The summed E-state index contributed by atoms with van der Waals surface area (Å²) in [5, 5.41) is 3.03. The van der Waals surface area contributed by atoms with Crippen LogP contribution < -0.4 is 15.8 Å². The molecule has 0 bridgehead atoms. The summed E-state index contributed by atoms with van der Waals surface area (Å²) < 4.78 is 26.5. The third-order valence-electron chi connectivity index (χ3n) is 5.12. The second-order valence-electron chi connectivity index (χ2n) is 7.47. The highest BCUT2D eigenvalue weighted by Crippen LogP contribution is 2.22. The predicted molar refractivity (Wildman–Crippen MR) is 107 cm³/mol. The van der Waals surface area contributed by atoms with E-state index >= 15 is 0 Å². The molecule has 0 aromatic heterocycles. The third kappa shape index (κ3) is 5.29. The lowest BCUT2D eigenvalue weighted by atomic mass is 9.88. The van der Waals surface area contributed by atoms with Gasteiger partial charge in [0.25, 0.3) is 10.0 Å². The number of rotatable bonds is 9. The number of hydrogen-bond donors (Lipinski definition) is 3. The highest BCUT2D eigenvalue weighted by Gasteiger charge is 2.30. The lowest BCUT2D eigenvalue weighted by molar-refractivity contribution is -0.123. The maximum absolute atomic E-state index is 12.1. The van der Waals surface area contributed by atoms with Gasteiger partial charge in [0.05, 0.1) is 10.4 Å². The van der Waals surface area contributed by atoms with Gasteiger partial charge in [0, 0.05) is 25.1 Å². The molecule has 0 spiro atoms. The van der Waals surface area contributed by atoms with Gasteiger partial charge in [-0.05, 0) is 37.8 Å². The van der Waals surface area contributed by atoms with Crippen molar-refractivity contribution in [3.8, 4) is 0 Å². The van der Waals surface area contributed by atoms with Crippen molar-refractivity contribution in [2.45, 2.75) is 56.9 Å². The van der Waals surface area contributed by atoms with E-state index in [0.717, 1.165) is 19.3 Å². The smallest absolute Gasteiger partial charge is 0.263 e. The molecule has 1 heterocycles. The molecule has 0 aliphatic carbocycles. The number of aliphatic imine (C=N–C) groups is 1. The Morgan fingerprint density at radius 2 is 1.96 bits per heavy atom. The van der Waals surface area contributed by atoms with Crippen molar-refractivity contribution in [3.63, 3.8) is 0 Å². The molecule has 1 aromatic carbocycles. The number of carbonyl (C=O) groups is 1. The monoisotopic (exact) mass is 394 g/mol. The molecule has 2 rings (SSSR count). The normalized spacial score (nSPS) is 18.8. The maximum atomic E-state index is 12.1. The van der Waals surface area contributed by atoms with E-state index < -0.39 is 10.0 Å². The van der Waals surface area contributed by atoms with Gasteiger partial charge in [-0.15, -0.1) is 0 Å². The average molecular weight is 395 g/mol. The van der Waals surface area contributed by atoms with Crippen molar-refractivity contribution in [2.75, 3.05) is 13.1 Å². The molecule has 1 unspecified atom stereocenters. The second kappa shape index (κ2) is 8.84. The Balaban J connectivity index is 1.76. The Bertz CT molecular complexity index is 805. The van der Waals surface area contributed by atoms with Crippen molar-refractivity contribution in [2.24, 2.45) is 16.6 Å². The first-order valence-electron chi connectivity index (χ1n) is 9.37. The quantitative estimate of drug-likeness (QED) is 0.554. The fourth-order valence-electron chi connectivity index (χ4n) is 2.83. The molecule has 0 saturated carbocycles. The van der Waals surface area contributed by atoms with Crippen molar-refractivity contribution < 1.29 is 13.2 Å². The van der Waals surface area contributed by atoms with Gasteiger partial charge in [0.15, 0.2) is 0 Å². The Morgan fingerprint density at radius 3 is 2.63 bits per heavy atom. The first-order chi connectivity index (χ1) is 12.7. The molecule has 27 heavy (non-hydrogen) atoms. The van der Waals surface area contributed by atoms with Crippen LogP contribution in [0.15, 0.2) is 34.2 Å². The Kier molecular flexibility index (Phi) is 7.00. The summed E-state index contributed by atoms with van der Waals surface area (Å²) in [5.41, 5.74) is 6.02. The largest absolute Gasteiger partial charge is 0.349 e. The molecule has 7 nitrogen and oxygen atoms in total. The Labute approximate surface area is 161 Å². The van der Waals surface area contributed by atoms with Crippen LogP contribution in [-0.2, 0) is 14.8 Å². The number of hydrogen-bond acceptors (Lipinski definition) is 5. The van der Waals surface area contributed by atoms with E-state index in [0.29, 0.717) is 30.9 Å². The van der Waals surface area contributed by atoms with E-state index in [4.69, 9.17) is 5.73 Å². The first kappa shape index (κ1) is 21.4. The zero-order valence-corrected chi connectivity index (χ0v) is 17.1. The van der Waals surface area contributed by atoms with Crippen LogP contribution in [0.1, 0.15) is 52.0 Å². The van der Waals surface area contributed by atoms with Crippen LogP contribution in [0.3, 0.4) is 0 Å². The molecule has 1 aliphatic rings. The molecule has 1 aliphatic heterocycles. The number of unbranched alkanes of at least 4 members (excludes halogenated alkanes) is 2. The minimum atomic E-state index is -3.48. The number of amides is 1. The van der Waals surface area contributed by atoms with Crippen LogP contribution in [0.2, 0.25) is 0 Å². The minimum absolute atomic E-state index is 0.0143. The number of benzene rings is 1. The summed E-state index contributed by atoms with van der Waals surface area (Å²) >= 11 is 0. The van der Waals surface area contributed by atoms with Crippen LogP contribution in [0.25, 0.3) is 0 Å². The Morgan fingerprint density at radius 1 is 1.26 bits per heavy atom. The van der Waals surface area contributed by atoms with Crippen LogP contribution >= 0.6 is 0 Å². The first-order valence-corrected chi connectivity index (χ1v) is 10.9. The molecule has 1 atom stereocenters. The van der Waals surface area contributed by atoms with E-state index in [2.05, 4.69) is 15.0 Å². The summed E-state index contributed by atoms with van der Waals surface area (Å²) in [5.74, 6) is 0.680. The van der Waals surface area contributed by atoms with Gasteiger partial charge >= 0.3 is 0 Å². The van der Waals surface area contributed by atoms with Gasteiger partial charge in [0.1, 0.15) is 5.84 Å². The van der Waals surface area contributed by atoms with Crippen molar-refractivity contribution in [3.05, 3.63) is 29.8 Å². The predicted octanol–water partition coefficient (Wildman–Crippen LogP) is 1.78. The standard InChI is InChI=1S/C19H30N4O3S/c1-14(2)19(3,13-20)22-17(24)11-5-4-8-12-21-18-15-9-6-7-10-16(15)27(25,26)23-18/h6-7,9-10,14H,4-5,8,11-13,20H2,1-3H3,(H,21,23)(H,22,24). The number of carbonyl (C=O) groups excluding carboxylic acids is 1. The third-order valence-corrected chi connectivity index (χ3v) is 6.51. The Hall–Kier alpha value is -1.93. The molecule has 1 aromatic rings. The van der Waals surface area contributed by atoms with Crippen LogP contribution in [0, 0.1) is 5.92 Å². The number of nitrogens with two attached hydrogens (primary N) is 1. The molecule has 0 saturated heterocycles. The molecule has 150 valence electrons. The summed E-state index contributed by atoms with van der Waals surface area (Å²) in [7, 11) is -3.48. The number of nitrogens with one attached hydrogen (secondary N) is 2. The molecule has 8 heteroatoms. The van der Waals surface area contributed by atoms with E-state index in [1.165, 1.54) is 0 Å². The molecule has 0 radical (unpaired) electrons. The highest BCUT2D eigenvalue weighted by molar-refractivity contribution is 7.90. The van der Waals surface area contributed by atoms with Gasteiger partial charge in [0.2, 0.25) is 5.91 Å². The maximum Gasteiger partial charge on any atom is 0.263 e. The van der Waals surface area contributed by atoms with Gasteiger partial charge in [-0.2, -0.15) is 0 Å². The summed E-state index contributed by atoms with van der Waals surface area (Å²) in [6.07, 6.45) is 2.85. The van der Waals surface area contributed by atoms with Crippen molar-refractivity contribution >= 4 is 21.8 Å². The number of fused-ring (bicyclic) bond motifs is 1. The van der Waals surface area contributed by atoms with Crippen LogP contribution in [0.4, 0.5) is 0 Å². The van der Waals surface area contributed by atoms with Gasteiger partial charge in [-0.3, -0.25) is 14.5 Å². The zero-order chi connectivity index (χ0) is 20.1. The highest BCUT2D eigenvalue weighted by atomic mass is 32.2. The molecule has 0 fully saturated rings. The average Bonchev–Trinajstić information content (AvgIpc) is 2.88. The molecular weight excluding hydrogens is 364 g/mol. The lowest BCUT2D eigenvalue weighted by Crippen LogP contribution is -2.54. The van der Waals surface area contributed by atoms with Crippen LogP contribution in [0.5, 0.6) is 0 Å². The van der Waals surface area contributed by atoms with Gasteiger partial charge in [-0.25, -0.2) is 8.42 Å². The van der Waals surface area contributed by atoms with E-state index in [-0.39, 0.29) is 22.3 Å². The summed E-state index contributed by atoms with van der Waals surface area (Å²) in [6, 6.07) is 6.81. The van der Waals surface area contributed by atoms with Gasteiger partial charge < -0.3 is 11.1 Å². The van der Waals surface area contributed by atoms with Gasteiger partial charge in [-0.1, -0.05) is 32.4 Å². The minimum Gasteiger partial charge on any atom is -0.349 e. The van der Waals surface area contributed by atoms with E-state index in [1.54, 1.807) is 24.3 Å². The van der Waals surface area contributed by atoms with E-state index in [9.17, 15) is 13.2 Å². The summed E-state index contributed by atoms with van der Waals surface area (Å²) in [6.45, 7) is 6.97. The van der Waals surface area contributed by atoms with Crippen molar-refractivity contribution in [1.82, 2.24) is 10.0 Å². The zero-order valence-electron chi connectivity index (χ0n) is 16.3. The number of nitrogens with zero attached hydrogens (tertiary/aromatic N) is 1. The lowest BCUT2D eigenvalue weighted by Gasteiger charge is -2.33. The fourth-order valence-corrected chi connectivity index (χ4v) is 4.08. The topological polar surface area (TPSA) is 114 Å². The molecule has 1 amide bonds. The second-order valence-corrected chi connectivity index (χ2v) is 9.12. The van der Waals surface area contributed by atoms with E-state index in [1.807, 2.05) is 20.8 Å².